The van der Waals surface area contributed by atoms with Gasteiger partial charge < -0.3 is 4.42 Å². The lowest BCUT2D eigenvalue weighted by molar-refractivity contribution is 0.669. The predicted octanol–water partition coefficient (Wildman–Crippen LogP) is 4.22. The van der Waals surface area contributed by atoms with Gasteiger partial charge in [0.2, 0.25) is 0 Å². The first-order valence-electron chi connectivity index (χ1n) is 7.40. The van der Waals surface area contributed by atoms with Crippen LogP contribution in [0.3, 0.4) is 0 Å². The van der Waals surface area contributed by atoms with Crippen LogP contribution in [0.15, 0.2) is 71.1 Å². The molecule has 0 aliphatic rings. The average Bonchev–Trinajstić information content (AvgIpc) is 2.92. The van der Waals surface area contributed by atoms with E-state index < -0.39 is 0 Å². The molecule has 1 heteroatoms. The standard InChI is InChI=1S/C21H16O/c1-14-7-3-4-8-17(14)15(2)16-11-12-21-19(13-16)18-9-5-6-10-20(18)22-21/h3-13H,1H2,2H3/b17-15+. The van der Waals surface area contributed by atoms with Gasteiger partial charge in [-0.25, -0.2) is 0 Å². The summed E-state index contributed by atoms with van der Waals surface area (Å²) in [6.45, 7) is 6.28. The molecule has 22 heavy (non-hydrogen) atoms. The van der Waals surface area contributed by atoms with Gasteiger partial charge in [-0.15, -0.1) is 0 Å². The Morgan fingerprint density at radius 2 is 1.55 bits per heavy atom. The van der Waals surface area contributed by atoms with Crippen LogP contribution in [0.5, 0.6) is 0 Å². The Labute approximate surface area is 128 Å². The van der Waals surface area contributed by atoms with E-state index in [1.54, 1.807) is 0 Å². The molecule has 0 atom stereocenters. The smallest absolute Gasteiger partial charge is 0.135 e. The van der Waals surface area contributed by atoms with E-state index in [0.717, 1.165) is 27.2 Å². The van der Waals surface area contributed by atoms with Gasteiger partial charge in [-0.2, -0.15) is 0 Å². The Morgan fingerprint density at radius 1 is 0.818 bits per heavy atom. The molecule has 4 aromatic rings. The second-order valence-corrected chi connectivity index (χ2v) is 5.59. The van der Waals surface area contributed by atoms with Gasteiger partial charge in [-0.05, 0) is 46.7 Å². The fourth-order valence-electron chi connectivity index (χ4n) is 3.00. The molecular formula is C21H16O. The molecule has 1 nitrogen and oxygen atoms in total. The number of hydrogen-bond donors (Lipinski definition) is 0. The van der Waals surface area contributed by atoms with Crippen molar-refractivity contribution in [2.24, 2.45) is 0 Å². The predicted molar refractivity (Wildman–Crippen MR) is 93.1 cm³/mol. The number of fused-ring (bicyclic) bond motifs is 3. The number of hydrogen-bond acceptors (Lipinski definition) is 1. The van der Waals surface area contributed by atoms with Crippen molar-refractivity contribution >= 4 is 34.1 Å². The molecule has 0 saturated heterocycles. The Kier molecular flexibility index (Phi) is 2.87. The molecule has 0 radical (unpaired) electrons. The maximum absolute atomic E-state index is 5.89. The quantitative estimate of drug-likeness (QED) is 0.510. The van der Waals surface area contributed by atoms with Gasteiger partial charge in [0.15, 0.2) is 0 Å². The monoisotopic (exact) mass is 284 g/mol. The zero-order valence-electron chi connectivity index (χ0n) is 12.5. The molecule has 0 aliphatic heterocycles. The van der Waals surface area contributed by atoms with Crippen molar-refractivity contribution in [1.29, 1.82) is 0 Å². The van der Waals surface area contributed by atoms with Gasteiger partial charge in [-0.3, -0.25) is 0 Å². The normalized spacial score (nSPS) is 12.8. The largest absolute Gasteiger partial charge is 0.456 e. The van der Waals surface area contributed by atoms with Crippen molar-refractivity contribution in [2.75, 3.05) is 0 Å². The van der Waals surface area contributed by atoms with E-state index in [1.807, 2.05) is 30.3 Å². The van der Waals surface area contributed by atoms with Gasteiger partial charge in [0, 0.05) is 10.8 Å². The topological polar surface area (TPSA) is 13.1 Å². The van der Waals surface area contributed by atoms with Crippen LogP contribution in [-0.2, 0) is 0 Å². The highest BCUT2D eigenvalue weighted by Crippen LogP contribution is 2.30. The second kappa shape index (κ2) is 4.88. The SMILES string of the molecule is C=c1cccc/c1=C(/C)c1ccc2oc3ccccc3c2c1. The lowest BCUT2D eigenvalue weighted by Gasteiger charge is -2.03. The van der Waals surface area contributed by atoms with Crippen LogP contribution < -0.4 is 10.4 Å². The van der Waals surface area contributed by atoms with Crippen LogP contribution in [0.25, 0.3) is 34.1 Å². The van der Waals surface area contributed by atoms with Crippen molar-refractivity contribution in [3.05, 3.63) is 82.7 Å². The molecule has 1 heterocycles. The minimum absolute atomic E-state index is 0.931. The summed E-state index contributed by atoms with van der Waals surface area (Å²) >= 11 is 0. The van der Waals surface area contributed by atoms with Gasteiger partial charge in [0.05, 0.1) is 0 Å². The number of para-hydroxylation sites is 1. The minimum Gasteiger partial charge on any atom is -0.456 e. The Balaban J connectivity index is 2.05. The molecule has 106 valence electrons. The van der Waals surface area contributed by atoms with Gasteiger partial charge in [0.25, 0.3) is 0 Å². The van der Waals surface area contributed by atoms with Crippen LogP contribution in [0.4, 0.5) is 0 Å². The molecule has 4 rings (SSSR count). The van der Waals surface area contributed by atoms with E-state index in [4.69, 9.17) is 4.42 Å². The third-order valence-electron chi connectivity index (χ3n) is 4.23. The van der Waals surface area contributed by atoms with Crippen LogP contribution in [0.1, 0.15) is 12.5 Å². The zero-order chi connectivity index (χ0) is 15.1. The van der Waals surface area contributed by atoms with Crippen LogP contribution in [-0.4, -0.2) is 0 Å². The maximum atomic E-state index is 5.89. The summed E-state index contributed by atoms with van der Waals surface area (Å²) in [6, 6.07) is 22.8. The molecule has 0 aliphatic carbocycles. The van der Waals surface area contributed by atoms with Crippen molar-refractivity contribution in [3.8, 4) is 0 Å². The highest BCUT2D eigenvalue weighted by atomic mass is 16.3. The minimum atomic E-state index is 0.931. The summed E-state index contributed by atoms with van der Waals surface area (Å²) in [5.74, 6) is 0. The molecule has 3 aromatic carbocycles. The molecule has 0 spiro atoms. The summed E-state index contributed by atoms with van der Waals surface area (Å²) in [6.07, 6.45) is 0. The molecule has 0 saturated carbocycles. The van der Waals surface area contributed by atoms with Gasteiger partial charge in [0.1, 0.15) is 11.2 Å². The highest BCUT2D eigenvalue weighted by molar-refractivity contribution is 6.05. The molecule has 0 amide bonds. The molecule has 0 bridgehead atoms. The first-order chi connectivity index (χ1) is 10.7. The maximum Gasteiger partial charge on any atom is 0.135 e. The van der Waals surface area contributed by atoms with E-state index in [9.17, 15) is 0 Å². The molecule has 0 N–H and O–H groups in total. The van der Waals surface area contributed by atoms with Crippen LogP contribution in [0.2, 0.25) is 0 Å². The van der Waals surface area contributed by atoms with E-state index in [0.29, 0.717) is 0 Å². The average molecular weight is 284 g/mol. The number of benzene rings is 3. The first-order valence-corrected chi connectivity index (χ1v) is 7.40. The lowest BCUT2D eigenvalue weighted by Crippen LogP contribution is -2.24. The van der Waals surface area contributed by atoms with Crippen molar-refractivity contribution in [3.63, 3.8) is 0 Å². The van der Waals surface area contributed by atoms with Gasteiger partial charge >= 0.3 is 0 Å². The number of rotatable bonds is 1. The highest BCUT2D eigenvalue weighted by Gasteiger charge is 2.07. The third kappa shape index (κ3) is 1.94. The van der Waals surface area contributed by atoms with E-state index in [2.05, 4.69) is 49.9 Å². The second-order valence-electron chi connectivity index (χ2n) is 5.59. The van der Waals surface area contributed by atoms with E-state index >= 15 is 0 Å². The Bertz CT molecular complexity index is 1100. The lowest BCUT2D eigenvalue weighted by atomic mass is 10.0. The molecule has 0 unspecified atom stereocenters. The van der Waals surface area contributed by atoms with Crippen molar-refractivity contribution in [1.82, 2.24) is 0 Å². The number of furan rings is 1. The fourth-order valence-corrected chi connectivity index (χ4v) is 3.00. The summed E-state index contributed by atoms with van der Waals surface area (Å²) in [5, 5.41) is 4.57. The summed E-state index contributed by atoms with van der Waals surface area (Å²) in [5.41, 5.74) is 4.30. The van der Waals surface area contributed by atoms with E-state index in [-0.39, 0.29) is 0 Å². The summed E-state index contributed by atoms with van der Waals surface area (Å²) < 4.78 is 5.89. The summed E-state index contributed by atoms with van der Waals surface area (Å²) in [7, 11) is 0. The fraction of sp³-hybridized carbons (Fsp3) is 0.0476. The van der Waals surface area contributed by atoms with Crippen LogP contribution in [0, 0.1) is 0 Å². The molecular weight excluding hydrogens is 268 g/mol. The molecule has 0 fully saturated rings. The molecule has 1 aromatic heterocycles. The Morgan fingerprint density at radius 3 is 2.41 bits per heavy atom. The van der Waals surface area contributed by atoms with Crippen molar-refractivity contribution in [2.45, 2.75) is 6.92 Å². The Hall–Kier alpha value is -2.80. The third-order valence-corrected chi connectivity index (χ3v) is 4.23. The summed E-state index contributed by atoms with van der Waals surface area (Å²) in [4.78, 5) is 0. The van der Waals surface area contributed by atoms with E-state index in [1.165, 1.54) is 16.4 Å². The van der Waals surface area contributed by atoms with Crippen molar-refractivity contribution < 1.29 is 4.42 Å². The first kappa shape index (κ1) is 12.9. The zero-order valence-corrected chi connectivity index (χ0v) is 12.5. The van der Waals surface area contributed by atoms with Crippen LogP contribution >= 0.6 is 0 Å². The van der Waals surface area contributed by atoms with Gasteiger partial charge in [-0.1, -0.05) is 55.1 Å².